The Labute approximate surface area is 199 Å². The van der Waals surface area contributed by atoms with E-state index >= 15 is 0 Å². The van der Waals surface area contributed by atoms with Gasteiger partial charge in [-0.2, -0.15) is 0 Å². The van der Waals surface area contributed by atoms with E-state index in [0.717, 1.165) is 83.8 Å². The number of morpholine rings is 1. The van der Waals surface area contributed by atoms with Gasteiger partial charge in [-0.25, -0.2) is 9.97 Å². The van der Waals surface area contributed by atoms with Gasteiger partial charge in [0, 0.05) is 36.1 Å². The highest BCUT2D eigenvalue weighted by Gasteiger charge is 2.27. The van der Waals surface area contributed by atoms with Crippen LogP contribution in [0, 0.1) is 0 Å². The molecule has 0 atom stereocenters. The van der Waals surface area contributed by atoms with E-state index in [1.54, 1.807) is 13.4 Å². The number of hydrogen-bond acceptors (Lipinski definition) is 6. The molecule has 6 rings (SSSR count). The van der Waals surface area contributed by atoms with E-state index in [1.165, 1.54) is 12.8 Å². The van der Waals surface area contributed by atoms with Crippen LogP contribution in [0.15, 0.2) is 48.8 Å². The number of nitrogens with one attached hydrogen (secondary N) is 2. The van der Waals surface area contributed by atoms with Gasteiger partial charge in [0.1, 0.15) is 23.5 Å². The lowest BCUT2D eigenvalue weighted by atomic mass is 9.90. The molecule has 1 saturated heterocycles. The van der Waals surface area contributed by atoms with Crippen molar-refractivity contribution in [1.29, 1.82) is 0 Å². The van der Waals surface area contributed by atoms with Gasteiger partial charge in [0.05, 0.1) is 25.7 Å². The zero-order valence-corrected chi connectivity index (χ0v) is 19.6. The van der Waals surface area contributed by atoms with Crippen LogP contribution in [0.25, 0.3) is 33.1 Å². The molecule has 0 bridgehead atoms. The first kappa shape index (κ1) is 21.4. The summed E-state index contributed by atoms with van der Waals surface area (Å²) in [5.41, 5.74) is 4.22. The Balaban J connectivity index is 1.27. The van der Waals surface area contributed by atoms with Crippen molar-refractivity contribution in [2.75, 3.05) is 38.7 Å². The molecule has 7 heteroatoms. The van der Waals surface area contributed by atoms with E-state index < -0.39 is 0 Å². The first-order valence-corrected chi connectivity index (χ1v) is 12.3. The Bertz CT molecular complexity index is 1290. The summed E-state index contributed by atoms with van der Waals surface area (Å²) in [6, 6.07) is 15.8. The molecule has 2 aliphatic rings. The number of anilines is 1. The summed E-state index contributed by atoms with van der Waals surface area (Å²) in [5, 5.41) is 5.98. The molecule has 0 amide bonds. The van der Waals surface area contributed by atoms with Gasteiger partial charge in [0.2, 0.25) is 0 Å². The summed E-state index contributed by atoms with van der Waals surface area (Å²) < 4.78 is 11.0. The van der Waals surface area contributed by atoms with Gasteiger partial charge in [0.15, 0.2) is 0 Å². The maximum absolute atomic E-state index is 5.53. The first-order valence-electron chi connectivity index (χ1n) is 12.3. The van der Waals surface area contributed by atoms with Crippen LogP contribution in [0.2, 0.25) is 0 Å². The number of hydrogen-bond donors (Lipinski definition) is 2. The van der Waals surface area contributed by atoms with E-state index in [1.807, 2.05) is 12.1 Å². The van der Waals surface area contributed by atoms with Crippen LogP contribution in [0.1, 0.15) is 25.7 Å². The lowest BCUT2D eigenvalue weighted by Crippen LogP contribution is -2.46. The number of benzene rings is 2. The Morgan fingerprint density at radius 2 is 1.82 bits per heavy atom. The molecule has 2 N–H and O–H groups in total. The van der Waals surface area contributed by atoms with Crippen molar-refractivity contribution < 1.29 is 9.47 Å². The predicted octanol–water partition coefficient (Wildman–Crippen LogP) is 4.84. The summed E-state index contributed by atoms with van der Waals surface area (Å²) >= 11 is 0. The summed E-state index contributed by atoms with van der Waals surface area (Å²) in [6.45, 7) is 3.88. The van der Waals surface area contributed by atoms with Crippen molar-refractivity contribution in [3.8, 4) is 16.9 Å². The minimum Gasteiger partial charge on any atom is -0.497 e. The standard InChI is InChI=1S/C27H31N5O2/c1-33-22-4-2-3-18(15-22)19-5-10-24-23(16-19)25-26(28-17-29-27(25)31-24)30-20-6-8-21(9-7-20)32-11-13-34-14-12-32/h2-5,10,15-17,20-21H,6-9,11-14H2,1H3,(H2,28,29,30,31)/t20-,21-. The first-order chi connectivity index (χ1) is 16.8. The average molecular weight is 458 g/mol. The van der Waals surface area contributed by atoms with Gasteiger partial charge in [-0.1, -0.05) is 18.2 Å². The molecule has 3 heterocycles. The number of rotatable bonds is 5. The molecule has 1 aliphatic heterocycles. The fourth-order valence-corrected chi connectivity index (χ4v) is 5.54. The molecule has 2 fully saturated rings. The fourth-order valence-electron chi connectivity index (χ4n) is 5.54. The number of H-pyrrole nitrogens is 1. The van der Waals surface area contributed by atoms with Crippen LogP contribution in [0.4, 0.5) is 5.82 Å². The second-order valence-electron chi connectivity index (χ2n) is 9.36. The van der Waals surface area contributed by atoms with E-state index in [2.05, 4.69) is 55.5 Å². The lowest BCUT2D eigenvalue weighted by Gasteiger charge is -2.39. The van der Waals surface area contributed by atoms with Crippen LogP contribution >= 0.6 is 0 Å². The summed E-state index contributed by atoms with van der Waals surface area (Å²) in [7, 11) is 1.70. The van der Waals surface area contributed by atoms with Crippen molar-refractivity contribution in [3.05, 3.63) is 48.8 Å². The van der Waals surface area contributed by atoms with Crippen LogP contribution in [0.5, 0.6) is 5.75 Å². The largest absolute Gasteiger partial charge is 0.497 e. The highest BCUT2D eigenvalue weighted by molar-refractivity contribution is 6.12. The minimum absolute atomic E-state index is 0.432. The third kappa shape index (κ3) is 4.10. The summed E-state index contributed by atoms with van der Waals surface area (Å²) in [6.07, 6.45) is 6.41. The zero-order valence-electron chi connectivity index (χ0n) is 19.6. The Morgan fingerprint density at radius 1 is 1.00 bits per heavy atom. The normalized spacial score (nSPS) is 21.7. The quantitative estimate of drug-likeness (QED) is 0.447. The molecule has 1 aliphatic carbocycles. The van der Waals surface area contributed by atoms with Crippen LogP contribution in [-0.4, -0.2) is 65.3 Å². The highest BCUT2D eigenvalue weighted by Crippen LogP contribution is 2.34. The van der Waals surface area contributed by atoms with E-state index in [-0.39, 0.29) is 0 Å². The zero-order chi connectivity index (χ0) is 22.9. The Kier molecular flexibility index (Phi) is 5.81. The van der Waals surface area contributed by atoms with Gasteiger partial charge in [0.25, 0.3) is 0 Å². The maximum Gasteiger partial charge on any atom is 0.143 e. The molecule has 1 saturated carbocycles. The molecule has 2 aromatic heterocycles. The molecular formula is C27H31N5O2. The lowest BCUT2D eigenvalue weighted by molar-refractivity contribution is 0.00791. The van der Waals surface area contributed by atoms with Crippen LogP contribution in [-0.2, 0) is 4.74 Å². The summed E-state index contributed by atoms with van der Waals surface area (Å²) in [5.74, 6) is 1.78. The second-order valence-corrected chi connectivity index (χ2v) is 9.36. The molecular weight excluding hydrogens is 426 g/mol. The smallest absolute Gasteiger partial charge is 0.143 e. The number of nitrogens with zero attached hydrogens (tertiary/aromatic N) is 3. The minimum atomic E-state index is 0.432. The Hall–Kier alpha value is -3.16. The van der Waals surface area contributed by atoms with Crippen molar-refractivity contribution in [2.24, 2.45) is 0 Å². The Morgan fingerprint density at radius 3 is 2.65 bits per heavy atom. The van der Waals surface area contributed by atoms with E-state index in [9.17, 15) is 0 Å². The number of aromatic amines is 1. The maximum atomic E-state index is 5.53. The van der Waals surface area contributed by atoms with Gasteiger partial charge in [-0.3, -0.25) is 4.90 Å². The van der Waals surface area contributed by atoms with Gasteiger partial charge in [-0.15, -0.1) is 0 Å². The SMILES string of the molecule is COc1cccc(-c2ccc3[nH]c4ncnc(N[C@H]5CC[C@H](N6CCOCC6)CC5)c4c3c2)c1. The molecule has 7 nitrogen and oxygen atoms in total. The molecule has 0 unspecified atom stereocenters. The van der Waals surface area contributed by atoms with Crippen molar-refractivity contribution >= 4 is 27.8 Å². The summed E-state index contributed by atoms with van der Waals surface area (Å²) in [4.78, 5) is 15.3. The molecule has 34 heavy (non-hydrogen) atoms. The number of fused-ring (bicyclic) bond motifs is 3. The number of ether oxygens (including phenoxy) is 2. The molecule has 4 aromatic rings. The third-order valence-corrected chi connectivity index (χ3v) is 7.39. The monoisotopic (exact) mass is 457 g/mol. The van der Waals surface area contributed by atoms with Crippen molar-refractivity contribution in [1.82, 2.24) is 19.9 Å². The van der Waals surface area contributed by atoms with Crippen molar-refractivity contribution in [3.63, 3.8) is 0 Å². The average Bonchev–Trinajstić information content (AvgIpc) is 3.28. The topological polar surface area (TPSA) is 75.3 Å². The number of aromatic nitrogens is 3. The van der Waals surface area contributed by atoms with Gasteiger partial charge in [-0.05, 0) is 61.1 Å². The molecule has 2 aromatic carbocycles. The van der Waals surface area contributed by atoms with E-state index in [4.69, 9.17) is 9.47 Å². The second kappa shape index (κ2) is 9.24. The highest BCUT2D eigenvalue weighted by atomic mass is 16.5. The third-order valence-electron chi connectivity index (χ3n) is 7.39. The number of methoxy groups -OCH3 is 1. The molecule has 0 radical (unpaired) electrons. The fraction of sp³-hybridized carbons (Fsp3) is 0.407. The van der Waals surface area contributed by atoms with E-state index in [0.29, 0.717) is 12.1 Å². The van der Waals surface area contributed by atoms with Crippen LogP contribution < -0.4 is 10.1 Å². The van der Waals surface area contributed by atoms with Crippen molar-refractivity contribution in [2.45, 2.75) is 37.8 Å². The van der Waals surface area contributed by atoms with Gasteiger partial charge >= 0.3 is 0 Å². The molecule has 0 spiro atoms. The predicted molar refractivity (Wildman–Crippen MR) is 135 cm³/mol. The molecule has 176 valence electrons. The van der Waals surface area contributed by atoms with Gasteiger partial charge < -0.3 is 19.8 Å². The van der Waals surface area contributed by atoms with Crippen LogP contribution in [0.3, 0.4) is 0 Å².